The minimum absolute atomic E-state index is 0.0730. The summed E-state index contributed by atoms with van der Waals surface area (Å²) < 4.78 is 0. The van der Waals surface area contributed by atoms with Crippen LogP contribution in [0.25, 0.3) is 0 Å². The molecule has 102 valence electrons. The summed E-state index contributed by atoms with van der Waals surface area (Å²) in [5.41, 5.74) is 1.26. The topological polar surface area (TPSA) is 53.2 Å². The van der Waals surface area contributed by atoms with E-state index in [2.05, 4.69) is 4.98 Å². The van der Waals surface area contributed by atoms with Gasteiger partial charge < -0.3 is 9.88 Å². The van der Waals surface area contributed by atoms with Crippen LogP contribution in [0.3, 0.4) is 0 Å². The Hall–Kier alpha value is -2.01. The van der Waals surface area contributed by atoms with E-state index < -0.39 is 0 Å². The number of amides is 1. The zero-order valence-electron chi connectivity index (χ0n) is 10.8. The number of rotatable bonds is 1. The van der Waals surface area contributed by atoms with Gasteiger partial charge in [-0.25, -0.2) is 0 Å². The fourth-order valence-electron chi connectivity index (χ4n) is 2.24. The fraction of sp³-hybridized carbons (Fsp3) is 0.200. The van der Waals surface area contributed by atoms with E-state index >= 15 is 0 Å². The number of nitrogens with one attached hydrogen (secondary N) is 1. The normalized spacial score (nSPS) is 14.5. The Morgan fingerprint density at radius 1 is 1.20 bits per heavy atom. The second kappa shape index (κ2) is 5.54. The van der Waals surface area contributed by atoms with E-state index in [-0.39, 0.29) is 11.5 Å². The Morgan fingerprint density at radius 2 is 2.05 bits per heavy atom. The van der Waals surface area contributed by atoms with E-state index in [9.17, 15) is 9.59 Å². The molecule has 5 heteroatoms. The molecule has 1 aromatic carbocycles. The summed E-state index contributed by atoms with van der Waals surface area (Å²) in [5, 5.41) is 0. The minimum atomic E-state index is -0.201. The maximum absolute atomic E-state index is 12.6. The molecule has 4 nitrogen and oxygen atoms in total. The highest BCUT2D eigenvalue weighted by Crippen LogP contribution is 2.34. The van der Waals surface area contributed by atoms with Gasteiger partial charge in [0.1, 0.15) is 0 Å². The zero-order chi connectivity index (χ0) is 13.9. The van der Waals surface area contributed by atoms with Crippen LogP contribution in [-0.2, 0) is 0 Å². The summed E-state index contributed by atoms with van der Waals surface area (Å²) in [4.78, 5) is 29.2. The average Bonchev–Trinajstić information content (AvgIpc) is 2.69. The van der Waals surface area contributed by atoms with E-state index in [0.717, 1.165) is 22.8 Å². The summed E-state index contributed by atoms with van der Waals surface area (Å²) in [6, 6.07) is 10.9. The van der Waals surface area contributed by atoms with Crippen LogP contribution in [-0.4, -0.2) is 23.2 Å². The number of hydrogen-bond donors (Lipinski definition) is 1. The first-order chi connectivity index (χ1) is 9.75. The summed E-state index contributed by atoms with van der Waals surface area (Å²) in [7, 11) is 0. The number of H-pyrrole nitrogens is 1. The van der Waals surface area contributed by atoms with Crippen LogP contribution < -0.4 is 10.5 Å². The first-order valence-electron chi connectivity index (χ1n) is 6.48. The van der Waals surface area contributed by atoms with Crippen LogP contribution in [0.1, 0.15) is 16.8 Å². The molecule has 1 amide bonds. The van der Waals surface area contributed by atoms with Crippen molar-refractivity contribution < 1.29 is 4.79 Å². The van der Waals surface area contributed by atoms with Gasteiger partial charge in [-0.15, -0.1) is 11.8 Å². The molecule has 20 heavy (non-hydrogen) atoms. The van der Waals surface area contributed by atoms with Gasteiger partial charge >= 0.3 is 0 Å². The second-order valence-corrected chi connectivity index (χ2v) is 5.70. The van der Waals surface area contributed by atoms with Crippen LogP contribution in [0.5, 0.6) is 0 Å². The van der Waals surface area contributed by atoms with Crippen LogP contribution in [0.4, 0.5) is 5.69 Å². The smallest absolute Gasteiger partial charge is 0.259 e. The number of carbonyl (C=O) groups is 1. The number of thioether (sulfide) groups is 1. The lowest BCUT2D eigenvalue weighted by Gasteiger charge is -2.22. The quantitative estimate of drug-likeness (QED) is 0.876. The van der Waals surface area contributed by atoms with Gasteiger partial charge in [-0.05, 0) is 30.4 Å². The van der Waals surface area contributed by atoms with Crippen molar-refractivity contribution in [3.05, 3.63) is 58.5 Å². The molecule has 0 aliphatic carbocycles. The van der Waals surface area contributed by atoms with Crippen molar-refractivity contribution in [2.24, 2.45) is 0 Å². The lowest BCUT2D eigenvalue weighted by molar-refractivity contribution is 0.0986. The molecule has 0 saturated carbocycles. The van der Waals surface area contributed by atoms with Gasteiger partial charge in [0.2, 0.25) is 5.56 Å². The van der Waals surface area contributed by atoms with E-state index in [4.69, 9.17) is 0 Å². The Balaban J connectivity index is 1.99. The summed E-state index contributed by atoms with van der Waals surface area (Å²) >= 11 is 1.78. The molecule has 0 fully saturated rings. The molecule has 1 aliphatic heterocycles. The zero-order valence-corrected chi connectivity index (χ0v) is 11.7. The molecular formula is C15H14N2O2S. The Morgan fingerprint density at radius 3 is 2.85 bits per heavy atom. The SMILES string of the molecule is O=C(c1ccc(=O)[nH]c1)N1CCCSc2ccccc21. The molecule has 0 unspecified atom stereocenters. The summed E-state index contributed by atoms with van der Waals surface area (Å²) in [6.45, 7) is 0.696. The van der Waals surface area contributed by atoms with Gasteiger partial charge in [0, 0.05) is 23.7 Å². The fourth-order valence-corrected chi connectivity index (χ4v) is 3.23. The highest BCUT2D eigenvalue weighted by atomic mass is 32.2. The van der Waals surface area contributed by atoms with Crippen molar-refractivity contribution in [2.75, 3.05) is 17.2 Å². The first-order valence-corrected chi connectivity index (χ1v) is 7.47. The third-order valence-corrected chi connectivity index (χ3v) is 4.36. The van der Waals surface area contributed by atoms with Gasteiger partial charge in [-0.3, -0.25) is 9.59 Å². The molecule has 0 radical (unpaired) electrons. The number of hydrogen-bond acceptors (Lipinski definition) is 3. The van der Waals surface area contributed by atoms with Crippen molar-refractivity contribution in [1.82, 2.24) is 4.98 Å². The summed E-state index contributed by atoms with van der Waals surface area (Å²) in [5.74, 6) is 0.933. The Kier molecular flexibility index (Phi) is 3.60. The molecule has 0 atom stereocenters. The second-order valence-electron chi connectivity index (χ2n) is 4.57. The maximum Gasteiger partial charge on any atom is 0.259 e. The van der Waals surface area contributed by atoms with Gasteiger partial charge in [0.25, 0.3) is 5.91 Å². The number of benzene rings is 1. The monoisotopic (exact) mass is 286 g/mol. The molecule has 0 bridgehead atoms. The largest absolute Gasteiger partial charge is 0.328 e. The molecule has 1 aromatic heterocycles. The molecule has 1 N–H and O–H groups in total. The van der Waals surface area contributed by atoms with Crippen LogP contribution in [0, 0.1) is 0 Å². The third-order valence-electron chi connectivity index (χ3n) is 3.22. The highest BCUT2D eigenvalue weighted by molar-refractivity contribution is 7.99. The van der Waals surface area contributed by atoms with E-state index in [1.165, 1.54) is 12.3 Å². The van der Waals surface area contributed by atoms with Crippen LogP contribution in [0.15, 0.2) is 52.3 Å². The molecule has 3 rings (SSSR count). The standard InChI is InChI=1S/C15H14N2O2S/c18-14-7-6-11(10-16-14)15(19)17-8-3-9-20-13-5-2-1-4-12(13)17/h1-2,4-7,10H,3,8-9H2,(H,16,18). The number of carbonyl (C=O) groups excluding carboxylic acids is 1. The molecule has 2 aromatic rings. The number of anilines is 1. The van der Waals surface area contributed by atoms with E-state index in [1.807, 2.05) is 24.3 Å². The van der Waals surface area contributed by atoms with Gasteiger partial charge in [0.15, 0.2) is 0 Å². The predicted octanol–water partition coefficient (Wildman–Crippen LogP) is 2.52. The molecular weight excluding hydrogens is 272 g/mol. The number of para-hydroxylation sites is 1. The lowest BCUT2D eigenvalue weighted by Crippen LogP contribution is -2.32. The van der Waals surface area contributed by atoms with Crippen molar-refractivity contribution in [2.45, 2.75) is 11.3 Å². The van der Waals surface area contributed by atoms with Crippen molar-refractivity contribution in [3.8, 4) is 0 Å². The average molecular weight is 286 g/mol. The van der Waals surface area contributed by atoms with Crippen molar-refractivity contribution in [3.63, 3.8) is 0 Å². The molecule has 1 aliphatic rings. The minimum Gasteiger partial charge on any atom is -0.328 e. The van der Waals surface area contributed by atoms with Gasteiger partial charge in [-0.1, -0.05) is 12.1 Å². The van der Waals surface area contributed by atoms with Crippen molar-refractivity contribution >= 4 is 23.4 Å². The predicted molar refractivity (Wildman–Crippen MR) is 80.5 cm³/mol. The van der Waals surface area contributed by atoms with E-state index in [0.29, 0.717) is 12.1 Å². The highest BCUT2D eigenvalue weighted by Gasteiger charge is 2.22. The Bertz CT molecular complexity index is 676. The number of fused-ring (bicyclic) bond motifs is 1. The Labute approximate surface area is 120 Å². The molecule has 0 saturated heterocycles. The lowest BCUT2D eigenvalue weighted by atomic mass is 10.2. The van der Waals surface area contributed by atoms with Crippen LogP contribution in [0.2, 0.25) is 0 Å². The number of aromatic amines is 1. The first kappa shape index (κ1) is 13.0. The molecule has 2 heterocycles. The van der Waals surface area contributed by atoms with E-state index in [1.54, 1.807) is 22.7 Å². The third kappa shape index (κ3) is 2.49. The number of pyridine rings is 1. The summed E-state index contributed by atoms with van der Waals surface area (Å²) in [6.07, 6.45) is 2.43. The number of nitrogens with zero attached hydrogens (tertiary/aromatic N) is 1. The molecule has 0 spiro atoms. The van der Waals surface area contributed by atoms with Crippen LogP contribution >= 0.6 is 11.8 Å². The van der Waals surface area contributed by atoms with Gasteiger partial charge in [0.05, 0.1) is 11.3 Å². The number of aromatic nitrogens is 1. The van der Waals surface area contributed by atoms with Crippen molar-refractivity contribution in [1.29, 1.82) is 0 Å². The maximum atomic E-state index is 12.6. The van der Waals surface area contributed by atoms with Gasteiger partial charge in [-0.2, -0.15) is 0 Å².